The Labute approximate surface area is 93.6 Å². The van der Waals surface area contributed by atoms with Gasteiger partial charge in [0.05, 0.1) is 11.4 Å². The summed E-state index contributed by atoms with van der Waals surface area (Å²) in [5, 5.41) is 2.24. The quantitative estimate of drug-likeness (QED) is 0.632. The second-order valence-corrected chi connectivity index (χ2v) is 4.58. The van der Waals surface area contributed by atoms with Crippen molar-refractivity contribution in [1.82, 2.24) is 0 Å². The van der Waals surface area contributed by atoms with Gasteiger partial charge >= 0.3 is 0 Å². The molecule has 1 aromatic carbocycles. The van der Waals surface area contributed by atoms with Gasteiger partial charge in [0.25, 0.3) is 0 Å². The molecule has 0 bridgehead atoms. The first-order chi connectivity index (χ1) is 7.43. The van der Waals surface area contributed by atoms with Crippen molar-refractivity contribution in [1.29, 1.82) is 0 Å². The van der Waals surface area contributed by atoms with Crippen LogP contribution in [0.5, 0.6) is 0 Å². The summed E-state index contributed by atoms with van der Waals surface area (Å²) in [6.45, 7) is 0. The fraction of sp³-hybridized carbons (Fsp3) is 0.154. The molecule has 1 aromatic rings. The van der Waals surface area contributed by atoms with Crippen LogP contribution < -0.4 is 0 Å². The largest absolute Gasteiger partial charge is 0.248 e. The van der Waals surface area contributed by atoms with Gasteiger partial charge in [-0.05, 0) is 42.0 Å². The zero-order valence-corrected chi connectivity index (χ0v) is 9.13. The van der Waals surface area contributed by atoms with Gasteiger partial charge in [-0.2, -0.15) is 0 Å². The van der Waals surface area contributed by atoms with Crippen molar-refractivity contribution >= 4 is 23.2 Å². The molecule has 0 spiro atoms. The van der Waals surface area contributed by atoms with E-state index in [0.717, 1.165) is 24.2 Å². The lowest BCUT2D eigenvalue weighted by molar-refractivity contribution is 1.01. The molecule has 3 rings (SSSR count). The maximum atomic E-state index is 4.70. The van der Waals surface area contributed by atoms with Gasteiger partial charge < -0.3 is 0 Å². The minimum Gasteiger partial charge on any atom is -0.248 e. The SMILES string of the molecule is C1=CC2=Nc3ccccc3SC=C2CC1. The first kappa shape index (κ1) is 8.98. The predicted molar refractivity (Wildman–Crippen MR) is 65.9 cm³/mol. The van der Waals surface area contributed by atoms with E-state index in [1.165, 1.54) is 10.5 Å². The van der Waals surface area contributed by atoms with Crippen molar-refractivity contribution in [2.75, 3.05) is 0 Å². The van der Waals surface area contributed by atoms with Gasteiger partial charge in [0, 0.05) is 4.90 Å². The Kier molecular flexibility index (Phi) is 2.22. The maximum Gasteiger partial charge on any atom is 0.0776 e. The molecule has 0 saturated carbocycles. The summed E-state index contributed by atoms with van der Waals surface area (Å²) in [5.74, 6) is 0. The van der Waals surface area contributed by atoms with E-state index >= 15 is 0 Å². The van der Waals surface area contributed by atoms with E-state index in [2.05, 4.69) is 35.8 Å². The molecule has 0 N–H and O–H groups in total. The number of fused-ring (bicyclic) bond motifs is 2. The second-order valence-electron chi connectivity index (χ2n) is 3.67. The molecule has 0 fully saturated rings. The molecule has 1 nitrogen and oxygen atoms in total. The van der Waals surface area contributed by atoms with Crippen LogP contribution in [0.2, 0.25) is 0 Å². The molecule has 0 saturated heterocycles. The number of hydrogen-bond donors (Lipinski definition) is 0. The van der Waals surface area contributed by atoms with Crippen LogP contribution >= 0.6 is 11.8 Å². The van der Waals surface area contributed by atoms with Crippen molar-refractivity contribution in [3.05, 3.63) is 47.4 Å². The van der Waals surface area contributed by atoms with Crippen LogP contribution in [0.15, 0.2) is 57.3 Å². The van der Waals surface area contributed by atoms with Crippen molar-refractivity contribution in [2.45, 2.75) is 17.7 Å². The highest BCUT2D eigenvalue weighted by molar-refractivity contribution is 8.02. The van der Waals surface area contributed by atoms with Crippen LogP contribution in [0, 0.1) is 0 Å². The molecule has 1 aliphatic carbocycles. The Morgan fingerprint density at radius 3 is 3.13 bits per heavy atom. The average molecular weight is 213 g/mol. The third kappa shape index (κ3) is 1.65. The number of para-hydroxylation sites is 1. The monoisotopic (exact) mass is 213 g/mol. The molecule has 0 aromatic heterocycles. The Hall–Kier alpha value is -1.28. The molecular formula is C13H11NS. The van der Waals surface area contributed by atoms with E-state index < -0.39 is 0 Å². The van der Waals surface area contributed by atoms with Crippen molar-refractivity contribution in [3.63, 3.8) is 0 Å². The number of aliphatic imine (C=N–C) groups is 1. The zero-order chi connectivity index (χ0) is 10.1. The van der Waals surface area contributed by atoms with E-state index in [9.17, 15) is 0 Å². The molecule has 74 valence electrons. The maximum absolute atomic E-state index is 4.70. The van der Waals surface area contributed by atoms with E-state index in [1.54, 1.807) is 11.8 Å². The summed E-state index contributed by atoms with van der Waals surface area (Å²) in [4.78, 5) is 5.95. The predicted octanol–water partition coefficient (Wildman–Crippen LogP) is 4.10. The van der Waals surface area contributed by atoms with Gasteiger partial charge in [-0.25, -0.2) is 4.99 Å². The van der Waals surface area contributed by atoms with Gasteiger partial charge in [-0.15, -0.1) is 0 Å². The minimum absolute atomic E-state index is 1.09. The molecular weight excluding hydrogens is 202 g/mol. The lowest BCUT2D eigenvalue weighted by Crippen LogP contribution is -2.02. The summed E-state index contributed by atoms with van der Waals surface area (Å²) >= 11 is 1.78. The molecule has 2 aliphatic rings. The third-order valence-corrected chi connectivity index (χ3v) is 3.62. The van der Waals surface area contributed by atoms with Crippen LogP contribution in [0.4, 0.5) is 5.69 Å². The topological polar surface area (TPSA) is 12.4 Å². The van der Waals surface area contributed by atoms with Crippen molar-refractivity contribution in [2.24, 2.45) is 4.99 Å². The molecule has 1 aliphatic heterocycles. The highest BCUT2D eigenvalue weighted by Crippen LogP contribution is 2.36. The van der Waals surface area contributed by atoms with Crippen molar-refractivity contribution < 1.29 is 0 Å². The van der Waals surface area contributed by atoms with Gasteiger partial charge in [0.15, 0.2) is 0 Å². The highest BCUT2D eigenvalue weighted by Gasteiger charge is 2.13. The standard InChI is InChI=1S/C13H11NS/c1-2-6-11-10(5-1)9-15-13-8-4-3-7-12(13)14-11/h2-4,6-9H,1,5H2. The van der Waals surface area contributed by atoms with Gasteiger partial charge in [-0.1, -0.05) is 30.0 Å². The molecule has 0 unspecified atom stereocenters. The lowest BCUT2D eigenvalue weighted by atomic mass is 10.0. The van der Waals surface area contributed by atoms with E-state index in [-0.39, 0.29) is 0 Å². The van der Waals surface area contributed by atoms with Gasteiger partial charge in [-0.3, -0.25) is 0 Å². The molecule has 0 amide bonds. The number of rotatable bonds is 0. The first-order valence-electron chi connectivity index (χ1n) is 5.14. The Morgan fingerprint density at radius 1 is 1.20 bits per heavy atom. The van der Waals surface area contributed by atoms with E-state index in [1.807, 2.05) is 6.07 Å². The molecule has 0 radical (unpaired) electrons. The average Bonchev–Trinajstić information content (AvgIpc) is 2.48. The normalized spacial score (nSPS) is 18.4. The number of allylic oxidation sites excluding steroid dienone is 3. The second kappa shape index (κ2) is 3.70. The minimum atomic E-state index is 1.09. The summed E-state index contributed by atoms with van der Waals surface area (Å²) in [5.41, 5.74) is 3.60. The smallest absolute Gasteiger partial charge is 0.0776 e. The molecule has 0 atom stereocenters. The fourth-order valence-corrected chi connectivity index (χ4v) is 2.71. The molecule has 1 heterocycles. The Bertz CT molecular complexity index is 483. The molecule has 2 heteroatoms. The van der Waals surface area contributed by atoms with Crippen LogP contribution in [0.3, 0.4) is 0 Å². The highest BCUT2D eigenvalue weighted by atomic mass is 32.2. The number of nitrogens with zero attached hydrogens (tertiary/aromatic N) is 1. The summed E-state index contributed by atoms with van der Waals surface area (Å²) < 4.78 is 0. The zero-order valence-electron chi connectivity index (χ0n) is 8.31. The fourth-order valence-electron chi connectivity index (χ4n) is 1.81. The third-order valence-electron chi connectivity index (χ3n) is 2.62. The van der Waals surface area contributed by atoms with E-state index in [0.29, 0.717) is 0 Å². The lowest BCUT2D eigenvalue weighted by Gasteiger charge is -2.08. The first-order valence-corrected chi connectivity index (χ1v) is 6.02. The summed E-state index contributed by atoms with van der Waals surface area (Å²) in [7, 11) is 0. The van der Waals surface area contributed by atoms with Crippen LogP contribution in [0.1, 0.15) is 12.8 Å². The van der Waals surface area contributed by atoms with Crippen molar-refractivity contribution in [3.8, 4) is 0 Å². The van der Waals surface area contributed by atoms with Gasteiger partial charge in [0.2, 0.25) is 0 Å². The Morgan fingerprint density at radius 2 is 2.13 bits per heavy atom. The van der Waals surface area contributed by atoms with E-state index in [4.69, 9.17) is 4.99 Å². The molecule has 15 heavy (non-hydrogen) atoms. The van der Waals surface area contributed by atoms with Gasteiger partial charge in [0.1, 0.15) is 0 Å². The number of thioether (sulfide) groups is 1. The number of hydrogen-bond acceptors (Lipinski definition) is 2. The summed E-state index contributed by atoms with van der Waals surface area (Å²) in [6.07, 6.45) is 6.60. The van der Waals surface area contributed by atoms with Crippen LogP contribution in [0.25, 0.3) is 0 Å². The summed E-state index contributed by atoms with van der Waals surface area (Å²) in [6, 6.07) is 8.31. The number of benzene rings is 1. The Balaban J connectivity index is 2.15. The van der Waals surface area contributed by atoms with Crippen LogP contribution in [-0.4, -0.2) is 5.71 Å². The van der Waals surface area contributed by atoms with Crippen LogP contribution in [-0.2, 0) is 0 Å².